The third-order valence-corrected chi connectivity index (χ3v) is 4.50. The molecule has 0 aromatic carbocycles. The second kappa shape index (κ2) is 6.01. The molecule has 24 heavy (non-hydrogen) atoms. The minimum absolute atomic E-state index is 0.0478. The van der Waals surface area contributed by atoms with Gasteiger partial charge in [-0.05, 0) is 33.8 Å². The summed E-state index contributed by atoms with van der Waals surface area (Å²) in [5.74, 6) is -0.0478. The lowest BCUT2D eigenvalue weighted by molar-refractivity contribution is -0.132. The Labute approximate surface area is 141 Å². The largest absolute Gasteiger partial charge is 0.381 e. The highest BCUT2D eigenvalue weighted by Crippen LogP contribution is 2.31. The fourth-order valence-electron chi connectivity index (χ4n) is 3.02. The molecule has 1 atom stereocenters. The summed E-state index contributed by atoms with van der Waals surface area (Å²) < 4.78 is 3.41. The monoisotopic (exact) mass is 332 g/mol. The molecule has 0 bridgehead atoms. The number of amides is 1. The van der Waals surface area contributed by atoms with Gasteiger partial charge in [0.15, 0.2) is 0 Å². The Morgan fingerprint density at radius 2 is 2.17 bits per heavy atom. The van der Waals surface area contributed by atoms with Crippen LogP contribution in [0.3, 0.4) is 0 Å². The average molecular weight is 332 g/mol. The lowest BCUT2D eigenvalue weighted by Crippen LogP contribution is -2.36. The van der Waals surface area contributed by atoms with Gasteiger partial charge in [0.2, 0.25) is 5.91 Å². The van der Waals surface area contributed by atoms with E-state index in [0.717, 1.165) is 11.4 Å². The molecule has 3 heterocycles. The molecule has 0 saturated carbocycles. The molecule has 130 valence electrons. The average Bonchev–Trinajstić information content (AvgIpc) is 3.19. The van der Waals surface area contributed by atoms with Crippen molar-refractivity contribution >= 4 is 5.91 Å². The summed E-state index contributed by atoms with van der Waals surface area (Å²) in [6.45, 7) is 8.76. The van der Waals surface area contributed by atoms with Crippen LogP contribution < -0.4 is 0 Å². The molecule has 1 amide bonds. The van der Waals surface area contributed by atoms with E-state index in [1.165, 1.54) is 0 Å². The number of rotatable bonds is 4. The summed E-state index contributed by atoms with van der Waals surface area (Å²) in [4.78, 5) is 14.2. The van der Waals surface area contributed by atoms with Crippen molar-refractivity contribution in [3.8, 4) is 0 Å². The SMILES string of the molecule is Cc1cc(C)n(CC(=O)N2CCC(O)(c3cn(C(C)C)nn3)C2)n1. The number of β-amino-alcohol motifs (C(OH)–C–C–N with tert-alkyl or cyclic N) is 1. The summed E-state index contributed by atoms with van der Waals surface area (Å²) in [6, 6.07) is 2.12. The Bertz CT molecular complexity index is 750. The Morgan fingerprint density at radius 1 is 1.42 bits per heavy atom. The molecular weight excluding hydrogens is 308 g/mol. The predicted octanol–water partition coefficient (Wildman–Crippen LogP) is 0.792. The molecular formula is C16H24N6O2. The van der Waals surface area contributed by atoms with Crippen LogP contribution >= 0.6 is 0 Å². The minimum Gasteiger partial charge on any atom is -0.381 e. The maximum absolute atomic E-state index is 12.5. The van der Waals surface area contributed by atoms with E-state index in [2.05, 4.69) is 15.4 Å². The van der Waals surface area contributed by atoms with Crippen molar-refractivity contribution < 1.29 is 9.90 Å². The van der Waals surface area contributed by atoms with Gasteiger partial charge in [0.25, 0.3) is 0 Å². The van der Waals surface area contributed by atoms with Gasteiger partial charge in [-0.1, -0.05) is 5.21 Å². The van der Waals surface area contributed by atoms with E-state index in [-0.39, 0.29) is 25.0 Å². The minimum atomic E-state index is -1.13. The van der Waals surface area contributed by atoms with E-state index < -0.39 is 5.60 Å². The van der Waals surface area contributed by atoms with Crippen molar-refractivity contribution in [2.24, 2.45) is 0 Å². The first-order valence-corrected chi connectivity index (χ1v) is 8.22. The summed E-state index contributed by atoms with van der Waals surface area (Å²) in [7, 11) is 0. The van der Waals surface area contributed by atoms with Crippen LogP contribution in [-0.4, -0.2) is 53.8 Å². The summed E-state index contributed by atoms with van der Waals surface area (Å²) >= 11 is 0. The highest BCUT2D eigenvalue weighted by molar-refractivity contribution is 5.76. The normalized spacial score (nSPS) is 21.0. The molecule has 1 N–H and O–H groups in total. The molecule has 8 nitrogen and oxygen atoms in total. The van der Waals surface area contributed by atoms with Gasteiger partial charge >= 0.3 is 0 Å². The fourth-order valence-corrected chi connectivity index (χ4v) is 3.02. The predicted molar refractivity (Wildman–Crippen MR) is 87.2 cm³/mol. The van der Waals surface area contributed by atoms with Crippen LogP contribution in [0.5, 0.6) is 0 Å². The lowest BCUT2D eigenvalue weighted by Gasteiger charge is -2.21. The molecule has 0 aliphatic carbocycles. The Balaban J connectivity index is 1.69. The zero-order valence-corrected chi connectivity index (χ0v) is 14.6. The number of nitrogens with zero attached hydrogens (tertiary/aromatic N) is 6. The van der Waals surface area contributed by atoms with Gasteiger partial charge in [0.05, 0.1) is 18.4 Å². The molecule has 0 radical (unpaired) electrons. The summed E-state index contributed by atoms with van der Waals surface area (Å²) in [6.07, 6.45) is 2.23. The van der Waals surface area contributed by atoms with E-state index in [4.69, 9.17) is 0 Å². The third-order valence-electron chi connectivity index (χ3n) is 4.50. The van der Waals surface area contributed by atoms with Crippen molar-refractivity contribution in [2.75, 3.05) is 13.1 Å². The fraction of sp³-hybridized carbons (Fsp3) is 0.625. The summed E-state index contributed by atoms with van der Waals surface area (Å²) in [5, 5.41) is 23.3. The van der Waals surface area contributed by atoms with Crippen LogP contribution in [0.4, 0.5) is 0 Å². The second-order valence-electron chi connectivity index (χ2n) is 6.86. The zero-order chi connectivity index (χ0) is 17.5. The second-order valence-corrected chi connectivity index (χ2v) is 6.86. The molecule has 1 aliphatic rings. The van der Waals surface area contributed by atoms with Crippen molar-refractivity contribution in [2.45, 2.75) is 52.3 Å². The van der Waals surface area contributed by atoms with Gasteiger partial charge in [0.1, 0.15) is 17.8 Å². The first kappa shape index (κ1) is 16.6. The number of carbonyl (C=O) groups is 1. The molecule has 2 aromatic heterocycles. The van der Waals surface area contributed by atoms with Crippen molar-refractivity contribution in [1.29, 1.82) is 0 Å². The standard InChI is InChI=1S/C16H24N6O2/c1-11(2)21-8-14(17-19-21)16(24)5-6-20(10-16)15(23)9-22-13(4)7-12(3)18-22/h7-8,11,24H,5-6,9-10H2,1-4H3. The van der Waals surface area contributed by atoms with Gasteiger partial charge < -0.3 is 10.0 Å². The van der Waals surface area contributed by atoms with Crippen molar-refractivity contribution in [1.82, 2.24) is 29.7 Å². The number of likely N-dealkylation sites (tertiary alicyclic amines) is 1. The van der Waals surface area contributed by atoms with Crippen LogP contribution in [0.25, 0.3) is 0 Å². The highest BCUT2D eigenvalue weighted by Gasteiger charge is 2.42. The smallest absolute Gasteiger partial charge is 0.244 e. The molecule has 1 fully saturated rings. The van der Waals surface area contributed by atoms with Gasteiger partial charge in [-0.3, -0.25) is 9.48 Å². The highest BCUT2D eigenvalue weighted by atomic mass is 16.3. The van der Waals surface area contributed by atoms with Crippen molar-refractivity contribution in [3.05, 3.63) is 29.3 Å². The molecule has 0 spiro atoms. The van der Waals surface area contributed by atoms with Gasteiger partial charge in [-0.2, -0.15) is 5.10 Å². The van der Waals surface area contributed by atoms with Gasteiger partial charge in [-0.15, -0.1) is 5.10 Å². The summed E-state index contributed by atoms with van der Waals surface area (Å²) in [5.41, 5.74) is 1.24. The van der Waals surface area contributed by atoms with Gasteiger partial charge in [-0.25, -0.2) is 4.68 Å². The zero-order valence-electron chi connectivity index (χ0n) is 14.6. The molecule has 8 heteroatoms. The Hall–Kier alpha value is -2.22. The maximum Gasteiger partial charge on any atom is 0.244 e. The quantitative estimate of drug-likeness (QED) is 0.894. The Morgan fingerprint density at radius 3 is 2.75 bits per heavy atom. The van der Waals surface area contributed by atoms with Crippen LogP contribution in [0.2, 0.25) is 0 Å². The third kappa shape index (κ3) is 3.06. The van der Waals surface area contributed by atoms with Crippen LogP contribution in [0.1, 0.15) is 43.4 Å². The number of aryl methyl sites for hydroxylation is 2. The van der Waals surface area contributed by atoms with Crippen LogP contribution in [0, 0.1) is 13.8 Å². The number of aromatic nitrogens is 5. The van der Waals surface area contributed by atoms with E-state index in [1.54, 1.807) is 20.5 Å². The topological polar surface area (TPSA) is 89.1 Å². The first-order chi connectivity index (χ1) is 11.3. The molecule has 1 unspecified atom stereocenters. The number of carbonyl (C=O) groups excluding carboxylic acids is 1. The van der Waals surface area contributed by atoms with E-state index >= 15 is 0 Å². The van der Waals surface area contributed by atoms with E-state index in [0.29, 0.717) is 18.7 Å². The molecule has 1 saturated heterocycles. The molecule has 3 rings (SSSR count). The number of hydrogen-bond donors (Lipinski definition) is 1. The number of hydrogen-bond acceptors (Lipinski definition) is 5. The Kier molecular flexibility index (Phi) is 4.16. The molecule has 1 aliphatic heterocycles. The lowest BCUT2D eigenvalue weighted by atomic mass is 10.00. The van der Waals surface area contributed by atoms with Crippen molar-refractivity contribution in [3.63, 3.8) is 0 Å². The first-order valence-electron chi connectivity index (χ1n) is 8.22. The van der Waals surface area contributed by atoms with Gasteiger partial charge in [0, 0.05) is 24.7 Å². The molecule has 2 aromatic rings. The van der Waals surface area contributed by atoms with E-state index in [1.807, 2.05) is 33.8 Å². The number of aliphatic hydroxyl groups is 1. The van der Waals surface area contributed by atoms with Crippen LogP contribution in [0.15, 0.2) is 12.3 Å². The van der Waals surface area contributed by atoms with E-state index in [9.17, 15) is 9.90 Å². The van der Waals surface area contributed by atoms with Crippen LogP contribution in [-0.2, 0) is 16.9 Å². The maximum atomic E-state index is 12.5.